The van der Waals surface area contributed by atoms with E-state index >= 15 is 0 Å². The highest BCUT2D eigenvalue weighted by molar-refractivity contribution is 5.84. The van der Waals surface area contributed by atoms with Gasteiger partial charge in [0.2, 0.25) is 0 Å². The molecule has 1 saturated carbocycles. The van der Waals surface area contributed by atoms with E-state index in [2.05, 4.69) is 5.10 Å². The molecule has 1 aromatic heterocycles. The summed E-state index contributed by atoms with van der Waals surface area (Å²) in [7, 11) is 0. The Balaban J connectivity index is 2.09. The molecule has 19 heavy (non-hydrogen) atoms. The molecule has 4 heteroatoms. The lowest BCUT2D eigenvalue weighted by Crippen LogP contribution is -2.20. The Morgan fingerprint density at radius 1 is 1.32 bits per heavy atom. The summed E-state index contributed by atoms with van der Waals surface area (Å²) in [5.74, 6) is -0.762. The molecule has 0 aliphatic heterocycles. The van der Waals surface area contributed by atoms with Crippen LogP contribution >= 0.6 is 0 Å². The number of rotatable bonds is 3. The zero-order chi connectivity index (χ0) is 13.6. The molecule has 1 fully saturated rings. The third kappa shape index (κ3) is 1.75. The van der Waals surface area contributed by atoms with E-state index in [1.54, 1.807) is 0 Å². The van der Waals surface area contributed by atoms with Crippen LogP contribution in [0.2, 0.25) is 0 Å². The lowest BCUT2D eigenvalue weighted by atomic mass is 10.0. The van der Waals surface area contributed by atoms with Gasteiger partial charge in [-0.1, -0.05) is 18.2 Å². The van der Waals surface area contributed by atoms with Crippen LogP contribution in [0.3, 0.4) is 0 Å². The minimum Gasteiger partial charge on any atom is -0.481 e. The molecule has 3 rings (SSSR count). The first kappa shape index (κ1) is 12.0. The molecule has 1 aliphatic carbocycles. The number of aromatic nitrogens is 2. The quantitative estimate of drug-likeness (QED) is 0.918. The lowest BCUT2D eigenvalue weighted by molar-refractivity contribution is -0.140. The van der Waals surface area contributed by atoms with Crippen LogP contribution in [0.4, 0.5) is 0 Å². The second-order valence-electron chi connectivity index (χ2n) is 5.26. The average Bonchev–Trinajstić information content (AvgIpc) is 3.10. The van der Waals surface area contributed by atoms with E-state index < -0.39 is 11.4 Å². The van der Waals surface area contributed by atoms with E-state index in [1.807, 2.05) is 48.9 Å². The van der Waals surface area contributed by atoms with Crippen LogP contribution in [0.15, 0.2) is 30.3 Å². The Hall–Kier alpha value is -2.10. The molecule has 0 unspecified atom stereocenters. The number of hydrogen-bond acceptors (Lipinski definition) is 2. The summed E-state index contributed by atoms with van der Waals surface area (Å²) in [6, 6.07) is 9.87. The van der Waals surface area contributed by atoms with Gasteiger partial charge in [-0.05, 0) is 44.4 Å². The van der Waals surface area contributed by atoms with Crippen LogP contribution in [0.5, 0.6) is 0 Å². The molecular formula is C15H16N2O2. The van der Waals surface area contributed by atoms with E-state index in [1.165, 1.54) is 0 Å². The first-order chi connectivity index (χ1) is 9.04. The summed E-state index contributed by atoms with van der Waals surface area (Å²) in [6.45, 7) is 3.99. The van der Waals surface area contributed by atoms with Crippen molar-refractivity contribution in [3.63, 3.8) is 0 Å². The first-order valence-electron chi connectivity index (χ1n) is 6.41. The van der Waals surface area contributed by atoms with Crippen LogP contribution in [0, 0.1) is 13.8 Å². The Bertz CT molecular complexity index is 654. The number of para-hydroxylation sites is 1. The van der Waals surface area contributed by atoms with Gasteiger partial charge in [-0.3, -0.25) is 4.79 Å². The van der Waals surface area contributed by atoms with Gasteiger partial charge in [0, 0.05) is 5.69 Å². The highest BCUT2D eigenvalue weighted by Crippen LogP contribution is 2.48. The van der Waals surface area contributed by atoms with Gasteiger partial charge in [0.1, 0.15) is 5.41 Å². The van der Waals surface area contributed by atoms with Gasteiger partial charge < -0.3 is 5.11 Å². The standard InChI is InChI=1S/C15H16N2O2/c1-10-5-3-4-6-12(10)17-11(2)9-13(16-17)15(7-8-15)14(18)19/h3-6,9H,7-8H2,1-2H3,(H,18,19). The van der Waals surface area contributed by atoms with Crippen LogP contribution in [-0.2, 0) is 10.2 Å². The Morgan fingerprint density at radius 3 is 2.58 bits per heavy atom. The highest BCUT2D eigenvalue weighted by atomic mass is 16.4. The van der Waals surface area contributed by atoms with Crippen molar-refractivity contribution < 1.29 is 9.90 Å². The molecule has 1 heterocycles. The molecule has 1 N–H and O–H groups in total. The van der Waals surface area contributed by atoms with Crippen molar-refractivity contribution in [2.24, 2.45) is 0 Å². The summed E-state index contributed by atoms with van der Waals surface area (Å²) in [6.07, 6.45) is 1.37. The molecule has 2 aromatic rings. The Morgan fingerprint density at radius 2 is 2.00 bits per heavy atom. The van der Waals surface area contributed by atoms with E-state index in [4.69, 9.17) is 0 Å². The molecule has 4 nitrogen and oxygen atoms in total. The summed E-state index contributed by atoms with van der Waals surface area (Å²) in [5, 5.41) is 13.9. The van der Waals surface area contributed by atoms with Crippen molar-refractivity contribution in [1.29, 1.82) is 0 Å². The number of benzene rings is 1. The average molecular weight is 256 g/mol. The zero-order valence-electron chi connectivity index (χ0n) is 11.1. The molecule has 0 bridgehead atoms. The summed E-state index contributed by atoms with van der Waals surface area (Å²) >= 11 is 0. The smallest absolute Gasteiger partial charge is 0.315 e. The van der Waals surface area contributed by atoms with Gasteiger partial charge in [0.05, 0.1) is 11.4 Å². The molecule has 0 radical (unpaired) electrons. The first-order valence-corrected chi connectivity index (χ1v) is 6.41. The van der Waals surface area contributed by atoms with Crippen LogP contribution in [0.25, 0.3) is 5.69 Å². The summed E-state index contributed by atoms with van der Waals surface area (Å²) in [4.78, 5) is 11.4. The van der Waals surface area contributed by atoms with Gasteiger partial charge in [-0.2, -0.15) is 5.10 Å². The van der Waals surface area contributed by atoms with E-state index in [-0.39, 0.29) is 0 Å². The zero-order valence-corrected chi connectivity index (χ0v) is 11.1. The molecule has 1 aliphatic rings. The number of aryl methyl sites for hydroxylation is 2. The second-order valence-corrected chi connectivity index (χ2v) is 5.26. The van der Waals surface area contributed by atoms with Gasteiger partial charge in [-0.25, -0.2) is 4.68 Å². The van der Waals surface area contributed by atoms with E-state index in [0.29, 0.717) is 18.5 Å². The molecular weight excluding hydrogens is 240 g/mol. The number of aliphatic carboxylic acids is 1. The van der Waals surface area contributed by atoms with Crippen molar-refractivity contribution >= 4 is 5.97 Å². The maximum Gasteiger partial charge on any atom is 0.315 e. The van der Waals surface area contributed by atoms with Gasteiger partial charge in [0.25, 0.3) is 0 Å². The predicted molar refractivity (Wildman–Crippen MR) is 71.6 cm³/mol. The third-order valence-electron chi connectivity index (χ3n) is 3.88. The molecule has 98 valence electrons. The van der Waals surface area contributed by atoms with Crippen molar-refractivity contribution in [2.45, 2.75) is 32.1 Å². The third-order valence-corrected chi connectivity index (χ3v) is 3.88. The van der Waals surface area contributed by atoms with Gasteiger partial charge in [-0.15, -0.1) is 0 Å². The molecule has 1 aromatic carbocycles. The number of carboxylic acids is 1. The van der Waals surface area contributed by atoms with Crippen LogP contribution < -0.4 is 0 Å². The molecule has 0 spiro atoms. The summed E-state index contributed by atoms with van der Waals surface area (Å²) in [5.41, 5.74) is 3.05. The van der Waals surface area contributed by atoms with Crippen LogP contribution in [0.1, 0.15) is 29.8 Å². The maximum atomic E-state index is 11.4. The van der Waals surface area contributed by atoms with E-state index in [0.717, 1.165) is 16.9 Å². The van der Waals surface area contributed by atoms with Gasteiger partial charge >= 0.3 is 5.97 Å². The lowest BCUT2D eigenvalue weighted by Gasteiger charge is -2.08. The maximum absolute atomic E-state index is 11.4. The largest absolute Gasteiger partial charge is 0.481 e. The van der Waals surface area contributed by atoms with Gasteiger partial charge in [0.15, 0.2) is 0 Å². The van der Waals surface area contributed by atoms with Crippen LogP contribution in [-0.4, -0.2) is 20.9 Å². The van der Waals surface area contributed by atoms with Crippen molar-refractivity contribution in [3.8, 4) is 5.69 Å². The Labute approximate surface area is 111 Å². The fraction of sp³-hybridized carbons (Fsp3) is 0.333. The van der Waals surface area contributed by atoms with Crippen molar-refractivity contribution in [2.75, 3.05) is 0 Å². The topological polar surface area (TPSA) is 55.1 Å². The molecule has 0 atom stereocenters. The monoisotopic (exact) mass is 256 g/mol. The Kier molecular flexibility index (Phi) is 2.49. The number of carbonyl (C=O) groups is 1. The van der Waals surface area contributed by atoms with E-state index in [9.17, 15) is 9.90 Å². The highest BCUT2D eigenvalue weighted by Gasteiger charge is 2.53. The fourth-order valence-electron chi connectivity index (χ4n) is 2.46. The number of carboxylic acid groups (broad SMARTS) is 1. The summed E-state index contributed by atoms with van der Waals surface area (Å²) < 4.78 is 1.84. The normalized spacial score (nSPS) is 16.3. The minimum absolute atomic E-state index is 0.681. The second kappa shape index (κ2) is 3.95. The number of hydrogen-bond donors (Lipinski definition) is 1. The number of nitrogens with zero attached hydrogens (tertiary/aromatic N) is 2. The SMILES string of the molecule is Cc1ccccc1-n1nc(C2(C(=O)O)CC2)cc1C. The van der Waals surface area contributed by atoms with Crippen molar-refractivity contribution in [3.05, 3.63) is 47.3 Å². The molecule has 0 amide bonds. The molecule has 0 saturated heterocycles. The predicted octanol–water partition coefficient (Wildman–Crippen LogP) is 2.61. The van der Waals surface area contributed by atoms with Crippen molar-refractivity contribution in [1.82, 2.24) is 9.78 Å². The fourth-order valence-corrected chi connectivity index (χ4v) is 2.46. The minimum atomic E-state index is -0.762.